The number of hydrogen-bond acceptors (Lipinski definition) is 3. The Balaban J connectivity index is 2.57. The molecule has 104 valence electrons. The molecule has 0 bridgehead atoms. The van der Waals surface area contributed by atoms with Crippen molar-refractivity contribution >= 4 is 11.9 Å². The second-order valence-corrected chi connectivity index (χ2v) is 4.40. The number of urea groups is 1. The summed E-state index contributed by atoms with van der Waals surface area (Å²) in [4.78, 5) is 22.6. The van der Waals surface area contributed by atoms with Crippen molar-refractivity contribution in [1.82, 2.24) is 10.6 Å². The molecule has 0 atom stereocenters. The highest BCUT2D eigenvalue weighted by molar-refractivity contribution is 5.94. The van der Waals surface area contributed by atoms with E-state index < -0.39 is 11.9 Å². The van der Waals surface area contributed by atoms with Crippen molar-refractivity contribution in [1.29, 1.82) is 0 Å². The molecule has 0 fully saturated rings. The van der Waals surface area contributed by atoms with Gasteiger partial charge in [0, 0.05) is 6.54 Å². The zero-order chi connectivity index (χ0) is 14.4. The zero-order valence-corrected chi connectivity index (χ0v) is 11.8. The van der Waals surface area contributed by atoms with Crippen LogP contribution in [0.2, 0.25) is 0 Å². The second-order valence-electron chi connectivity index (χ2n) is 4.40. The number of ether oxygens (including phenoxy) is 1. The van der Waals surface area contributed by atoms with Gasteiger partial charge in [0.25, 0.3) is 5.91 Å². The molecule has 0 aliphatic rings. The van der Waals surface area contributed by atoms with Gasteiger partial charge in [-0.3, -0.25) is 10.1 Å². The van der Waals surface area contributed by atoms with Crippen molar-refractivity contribution in [2.45, 2.75) is 27.7 Å². The van der Waals surface area contributed by atoms with Gasteiger partial charge >= 0.3 is 6.03 Å². The maximum Gasteiger partial charge on any atom is 0.321 e. The summed E-state index contributed by atoms with van der Waals surface area (Å²) >= 11 is 0. The molecule has 1 aromatic rings. The van der Waals surface area contributed by atoms with Crippen LogP contribution in [-0.2, 0) is 4.79 Å². The molecule has 0 radical (unpaired) electrons. The number of benzene rings is 1. The van der Waals surface area contributed by atoms with Crippen LogP contribution in [0.4, 0.5) is 4.79 Å². The van der Waals surface area contributed by atoms with Gasteiger partial charge in [-0.05, 0) is 50.5 Å². The molecule has 0 saturated heterocycles. The van der Waals surface area contributed by atoms with E-state index in [0.717, 1.165) is 16.7 Å². The van der Waals surface area contributed by atoms with E-state index in [2.05, 4.69) is 16.7 Å². The monoisotopic (exact) mass is 264 g/mol. The summed E-state index contributed by atoms with van der Waals surface area (Å²) in [6.45, 7) is 7.96. The number of nitrogens with one attached hydrogen (secondary N) is 2. The van der Waals surface area contributed by atoms with Gasteiger partial charge in [0.05, 0.1) is 0 Å². The highest BCUT2D eigenvalue weighted by Gasteiger charge is 2.09. The highest BCUT2D eigenvalue weighted by Crippen LogP contribution is 2.23. The van der Waals surface area contributed by atoms with E-state index in [4.69, 9.17) is 4.74 Å². The van der Waals surface area contributed by atoms with Crippen LogP contribution in [0.3, 0.4) is 0 Å². The normalized spacial score (nSPS) is 9.89. The van der Waals surface area contributed by atoms with Crippen LogP contribution < -0.4 is 15.4 Å². The molecule has 0 spiro atoms. The van der Waals surface area contributed by atoms with Crippen molar-refractivity contribution in [2.24, 2.45) is 0 Å². The first-order chi connectivity index (χ1) is 8.93. The van der Waals surface area contributed by atoms with Crippen molar-refractivity contribution < 1.29 is 14.3 Å². The average Bonchev–Trinajstić information content (AvgIpc) is 2.32. The number of rotatable bonds is 4. The molecule has 5 heteroatoms. The predicted octanol–water partition coefficient (Wildman–Crippen LogP) is 1.84. The minimum absolute atomic E-state index is 0.180. The van der Waals surface area contributed by atoms with E-state index in [0.29, 0.717) is 12.3 Å². The molecule has 1 aromatic carbocycles. The quantitative estimate of drug-likeness (QED) is 0.872. The molecule has 0 aromatic heterocycles. The van der Waals surface area contributed by atoms with Gasteiger partial charge in [-0.15, -0.1) is 0 Å². The van der Waals surface area contributed by atoms with Gasteiger partial charge in [-0.25, -0.2) is 4.79 Å². The predicted molar refractivity (Wildman–Crippen MR) is 73.4 cm³/mol. The largest absolute Gasteiger partial charge is 0.483 e. The summed E-state index contributed by atoms with van der Waals surface area (Å²) < 4.78 is 5.45. The van der Waals surface area contributed by atoms with Crippen LogP contribution in [-0.4, -0.2) is 25.1 Å². The third-order valence-electron chi connectivity index (χ3n) is 2.71. The van der Waals surface area contributed by atoms with E-state index in [1.54, 1.807) is 6.92 Å². The van der Waals surface area contributed by atoms with Gasteiger partial charge < -0.3 is 10.1 Å². The molecule has 0 heterocycles. The molecule has 0 saturated carbocycles. The summed E-state index contributed by atoms with van der Waals surface area (Å²) in [7, 11) is 0. The van der Waals surface area contributed by atoms with Crippen molar-refractivity contribution in [3.8, 4) is 5.75 Å². The lowest BCUT2D eigenvalue weighted by atomic mass is 10.1. The summed E-state index contributed by atoms with van der Waals surface area (Å²) in [6, 6.07) is 3.42. The Bertz CT molecular complexity index is 484. The van der Waals surface area contributed by atoms with Crippen LogP contribution in [0.25, 0.3) is 0 Å². The zero-order valence-electron chi connectivity index (χ0n) is 11.8. The van der Waals surface area contributed by atoms with E-state index >= 15 is 0 Å². The maximum atomic E-state index is 11.5. The van der Waals surface area contributed by atoms with E-state index in [9.17, 15) is 9.59 Å². The Hall–Kier alpha value is -2.04. The minimum Gasteiger partial charge on any atom is -0.483 e. The fourth-order valence-corrected chi connectivity index (χ4v) is 1.66. The van der Waals surface area contributed by atoms with Gasteiger partial charge in [0.1, 0.15) is 5.75 Å². The second kappa shape index (κ2) is 6.78. The van der Waals surface area contributed by atoms with E-state index in [-0.39, 0.29) is 6.61 Å². The van der Waals surface area contributed by atoms with Crippen LogP contribution in [0.1, 0.15) is 23.6 Å². The summed E-state index contributed by atoms with van der Waals surface area (Å²) in [6.07, 6.45) is 0. The standard InChI is InChI=1S/C14H20N2O3/c1-5-15-14(18)16-13(17)8-19-12-7-9(2)6-10(3)11(12)4/h6-7H,5,8H2,1-4H3,(H2,15,16,17,18). The number of hydrogen-bond donors (Lipinski definition) is 2. The minimum atomic E-state index is -0.506. The first kappa shape index (κ1) is 15.0. The Labute approximate surface area is 113 Å². The molecular weight excluding hydrogens is 244 g/mol. The average molecular weight is 264 g/mol. The van der Waals surface area contributed by atoms with Gasteiger partial charge in [-0.1, -0.05) is 6.07 Å². The fourth-order valence-electron chi connectivity index (χ4n) is 1.66. The molecule has 0 unspecified atom stereocenters. The van der Waals surface area contributed by atoms with Crippen molar-refractivity contribution in [3.63, 3.8) is 0 Å². The number of imide groups is 1. The smallest absolute Gasteiger partial charge is 0.321 e. The SMILES string of the molecule is CCNC(=O)NC(=O)COc1cc(C)cc(C)c1C. The molecule has 0 aliphatic carbocycles. The topological polar surface area (TPSA) is 67.4 Å². The summed E-state index contributed by atoms with van der Waals surface area (Å²) in [5.74, 6) is 0.202. The fraction of sp³-hybridized carbons (Fsp3) is 0.429. The van der Waals surface area contributed by atoms with Crippen LogP contribution in [0.15, 0.2) is 12.1 Å². The number of amides is 3. The Morgan fingerprint density at radius 1 is 1.21 bits per heavy atom. The number of carbonyl (C=O) groups excluding carboxylic acids is 2. The first-order valence-electron chi connectivity index (χ1n) is 6.22. The molecule has 3 amide bonds. The molecule has 19 heavy (non-hydrogen) atoms. The Morgan fingerprint density at radius 3 is 2.53 bits per heavy atom. The van der Waals surface area contributed by atoms with Crippen LogP contribution in [0.5, 0.6) is 5.75 Å². The first-order valence-corrected chi connectivity index (χ1v) is 6.22. The van der Waals surface area contributed by atoms with E-state index in [1.807, 2.05) is 26.8 Å². The maximum absolute atomic E-state index is 11.5. The molecular formula is C14H20N2O3. The van der Waals surface area contributed by atoms with Crippen LogP contribution in [0, 0.1) is 20.8 Å². The lowest BCUT2D eigenvalue weighted by molar-refractivity contribution is -0.122. The summed E-state index contributed by atoms with van der Waals surface area (Å²) in [5.41, 5.74) is 3.18. The summed E-state index contributed by atoms with van der Waals surface area (Å²) in [5, 5.41) is 4.66. The molecule has 1 rings (SSSR count). The molecule has 5 nitrogen and oxygen atoms in total. The Kier molecular flexibility index (Phi) is 5.36. The van der Waals surface area contributed by atoms with Gasteiger partial charge in [0.15, 0.2) is 6.61 Å². The number of carbonyl (C=O) groups is 2. The van der Waals surface area contributed by atoms with Crippen LogP contribution >= 0.6 is 0 Å². The molecule has 0 aliphatic heterocycles. The third-order valence-corrected chi connectivity index (χ3v) is 2.71. The lowest BCUT2D eigenvalue weighted by Crippen LogP contribution is -2.41. The third kappa shape index (κ3) is 4.62. The van der Waals surface area contributed by atoms with Gasteiger partial charge in [0.2, 0.25) is 0 Å². The molecule has 2 N–H and O–H groups in total. The van der Waals surface area contributed by atoms with E-state index in [1.165, 1.54) is 0 Å². The highest BCUT2D eigenvalue weighted by atomic mass is 16.5. The van der Waals surface area contributed by atoms with Crippen molar-refractivity contribution in [2.75, 3.05) is 13.2 Å². The van der Waals surface area contributed by atoms with Gasteiger partial charge in [-0.2, -0.15) is 0 Å². The van der Waals surface area contributed by atoms with Crippen molar-refractivity contribution in [3.05, 3.63) is 28.8 Å². The Morgan fingerprint density at radius 2 is 1.89 bits per heavy atom. The number of aryl methyl sites for hydroxylation is 2. The lowest BCUT2D eigenvalue weighted by Gasteiger charge is -2.12.